The highest BCUT2D eigenvalue weighted by Gasteiger charge is 2.24. The van der Waals surface area contributed by atoms with Crippen LogP contribution in [-0.2, 0) is 6.54 Å². The van der Waals surface area contributed by atoms with Crippen LogP contribution in [0.4, 0.5) is 0 Å². The van der Waals surface area contributed by atoms with Crippen molar-refractivity contribution >= 4 is 0 Å². The highest BCUT2D eigenvalue weighted by molar-refractivity contribution is 4.82. The molecule has 1 heterocycles. The predicted octanol–water partition coefficient (Wildman–Crippen LogP) is 1.27. The predicted molar refractivity (Wildman–Crippen MR) is 60.8 cm³/mol. The highest BCUT2D eigenvalue weighted by Crippen LogP contribution is 2.24. The molecular formula is C11H21N3O2. The third-order valence-electron chi connectivity index (χ3n) is 3.18. The fourth-order valence-corrected chi connectivity index (χ4v) is 1.62. The zero-order valence-corrected chi connectivity index (χ0v) is 10.3. The van der Waals surface area contributed by atoms with Crippen molar-refractivity contribution in [3.8, 4) is 0 Å². The van der Waals surface area contributed by atoms with Gasteiger partial charge in [0.1, 0.15) is 0 Å². The lowest BCUT2D eigenvalue weighted by molar-refractivity contribution is 0.112. The Balaban J connectivity index is 2.39. The molecule has 0 fully saturated rings. The van der Waals surface area contributed by atoms with Gasteiger partial charge in [0, 0.05) is 25.5 Å². The van der Waals surface area contributed by atoms with Gasteiger partial charge in [-0.25, -0.2) is 0 Å². The van der Waals surface area contributed by atoms with E-state index in [1.54, 1.807) is 6.92 Å². The first-order valence-corrected chi connectivity index (χ1v) is 5.76. The summed E-state index contributed by atoms with van der Waals surface area (Å²) in [5.74, 6) is 1.17. The van der Waals surface area contributed by atoms with Crippen molar-refractivity contribution in [2.45, 2.75) is 40.2 Å². The van der Waals surface area contributed by atoms with E-state index in [4.69, 9.17) is 4.42 Å². The van der Waals surface area contributed by atoms with Crippen molar-refractivity contribution in [2.24, 2.45) is 5.41 Å². The van der Waals surface area contributed by atoms with Crippen molar-refractivity contribution in [2.75, 3.05) is 13.2 Å². The molecule has 92 valence electrons. The Morgan fingerprint density at radius 3 is 2.44 bits per heavy atom. The number of hydrogen-bond donors (Lipinski definition) is 2. The summed E-state index contributed by atoms with van der Waals surface area (Å²) in [5.41, 5.74) is -0.0327. The number of nitrogens with zero attached hydrogens (tertiary/aromatic N) is 2. The van der Waals surface area contributed by atoms with Gasteiger partial charge < -0.3 is 14.8 Å². The standard InChI is InChI=1S/C11H21N3O2/c1-4-11(5-2,8-15)7-12-6-10-14-13-9(3)16-10/h12,15H,4-8H2,1-3H3. The third-order valence-corrected chi connectivity index (χ3v) is 3.18. The molecule has 5 heteroatoms. The van der Waals surface area contributed by atoms with Crippen molar-refractivity contribution in [1.29, 1.82) is 0 Å². The van der Waals surface area contributed by atoms with E-state index in [1.807, 2.05) is 0 Å². The molecule has 0 aliphatic carbocycles. The van der Waals surface area contributed by atoms with Crippen LogP contribution in [0, 0.1) is 12.3 Å². The first kappa shape index (κ1) is 13.1. The topological polar surface area (TPSA) is 71.2 Å². The van der Waals surface area contributed by atoms with Gasteiger partial charge in [-0.1, -0.05) is 13.8 Å². The molecule has 0 atom stereocenters. The molecule has 0 aromatic carbocycles. The molecule has 0 saturated carbocycles. The van der Waals surface area contributed by atoms with Crippen molar-refractivity contribution in [3.63, 3.8) is 0 Å². The SMILES string of the molecule is CCC(CC)(CO)CNCc1nnc(C)o1. The van der Waals surface area contributed by atoms with Crippen LogP contribution in [0.2, 0.25) is 0 Å². The molecule has 1 aromatic heterocycles. The van der Waals surface area contributed by atoms with Crippen LogP contribution in [0.15, 0.2) is 4.42 Å². The van der Waals surface area contributed by atoms with Crippen LogP contribution in [0.1, 0.15) is 38.5 Å². The summed E-state index contributed by atoms with van der Waals surface area (Å²) in [7, 11) is 0. The summed E-state index contributed by atoms with van der Waals surface area (Å²) in [6.45, 7) is 7.49. The zero-order chi connectivity index (χ0) is 12.0. The van der Waals surface area contributed by atoms with E-state index in [1.165, 1.54) is 0 Å². The average molecular weight is 227 g/mol. The Morgan fingerprint density at radius 1 is 1.31 bits per heavy atom. The maximum atomic E-state index is 9.39. The van der Waals surface area contributed by atoms with Gasteiger partial charge >= 0.3 is 0 Å². The number of aryl methyl sites for hydroxylation is 1. The molecule has 0 unspecified atom stereocenters. The Labute approximate surface area is 96.3 Å². The molecule has 1 aromatic rings. The first-order valence-electron chi connectivity index (χ1n) is 5.76. The number of aromatic nitrogens is 2. The van der Waals surface area contributed by atoms with Gasteiger partial charge in [0.25, 0.3) is 0 Å². The van der Waals surface area contributed by atoms with Crippen molar-refractivity contribution < 1.29 is 9.52 Å². The Bertz CT molecular complexity index is 300. The van der Waals surface area contributed by atoms with Crippen LogP contribution < -0.4 is 5.32 Å². The number of aliphatic hydroxyl groups excluding tert-OH is 1. The first-order chi connectivity index (χ1) is 7.65. The molecule has 1 rings (SSSR count). The Hall–Kier alpha value is -0.940. The van der Waals surface area contributed by atoms with Gasteiger partial charge in [-0.2, -0.15) is 0 Å². The van der Waals surface area contributed by atoms with Crippen LogP contribution in [0.25, 0.3) is 0 Å². The van der Waals surface area contributed by atoms with E-state index in [-0.39, 0.29) is 12.0 Å². The van der Waals surface area contributed by atoms with Crippen LogP contribution in [0.5, 0.6) is 0 Å². The van der Waals surface area contributed by atoms with Gasteiger partial charge in [0.15, 0.2) is 0 Å². The molecule has 0 aliphatic rings. The van der Waals surface area contributed by atoms with Gasteiger partial charge in [-0.3, -0.25) is 0 Å². The Kier molecular flexibility index (Phi) is 4.89. The molecular weight excluding hydrogens is 206 g/mol. The van der Waals surface area contributed by atoms with Crippen LogP contribution >= 0.6 is 0 Å². The van der Waals surface area contributed by atoms with E-state index < -0.39 is 0 Å². The molecule has 0 aliphatic heterocycles. The lowest BCUT2D eigenvalue weighted by Gasteiger charge is -2.29. The molecule has 0 spiro atoms. The number of hydrogen-bond acceptors (Lipinski definition) is 5. The van der Waals surface area contributed by atoms with Gasteiger partial charge in [0.05, 0.1) is 6.54 Å². The quantitative estimate of drug-likeness (QED) is 0.734. The molecule has 0 amide bonds. The normalized spacial score (nSPS) is 12.0. The number of rotatable bonds is 7. The summed E-state index contributed by atoms with van der Waals surface area (Å²) >= 11 is 0. The van der Waals surface area contributed by atoms with Gasteiger partial charge in [-0.15, -0.1) is 10.2 Å². The van der Waals surface area contributed by atoms with Gasteiger partial charge in [0.2, 0.25) is 11.8 Å². The molecule has 0 saturated heterocycles. The monoisotopic (exact) mass is 227 g/mol. The summed E-state index contributed by atoms with van der Waals surface area (Å²) < 4.78 is 5.25. The molecule has 2 N–H and O–H groups in total. The van der Waals surface area contributed by atoms with Crippen LogP contribution in [-0.4, -0.2) is 28.5 Å². The largest absolute Gasteiger partial charge is 0.424 e. The average Bonchev–Trinajstić information content (AvgIpc) is 2.71. The highest BCUT2D eigenvalue weighted by atomic mass is 16.4. The van der Waals surface area contributed by atoms with Crippen molar-refractivity contribution in [1.82, 2.24) is 15.5 Å². The minimum Gasteiger partial charge on any atom is -0.424 e. The van der Waals surface area contributed by atoms with E-state index >= 15 is 0 Å². The van der Waals surface area contributed by atoms with E-state index in [2.05, 4.69) is 29.4 Å². The number of nitrogens with one attached hydrogen (secondary N) is 1. The second-order valence-corrected chi connectivity index (χ2v) is 4.18. The lowest BCUT2D eigenvalue weighted by Crippen LogP contribution is -2.36. The Morgan fingerprint density at radius 2 is 2.00 bits per heavy atom. The zero-order valence-electron chi connectivity index (χ0n) is 10.3. The molecule has 0 bridgehead atoms. The van der Waals surface area contributed by atoms with Gasteiger partial charge in [-0.05, 0) is 12.8 Å². The fraction of sp³-hybridized carbons (Fsp3) is 0.818. The minimum atomic E-state index is -0.0327. The minimum absolute atomic E-state index is 0.0327. The number of aliphatic hydroxyl groups is 1. The third kappa shape index (κ3) is 3.28. The smallest absolute Gasteiger partial charge is 0.230 e. The van der Waals surface area contributed by atoms with E-state index in [0.29, 0.717) is 18.3 Å². The summed E-state index contributed by atoms with van der Waals surface area (Å²) in [5, 5.41) is 20.3. The second-order valence-electron chi connectivity index (χ2n) is 4.18. The fourth-order valence-electron chi connectivity index (χ4n) is 1.62. The molecule has 5 nitrogen and oxygen atoms in total. The maximum Gasteiger partial charge on any atom is 0.230 e. The summed E-state index contributed by atoms with van der Waals surface area (Å²) in [6.07, 6.45) is 1.91. The summed E-state index contributed by atoms with van der Waals surface area (Å²) in [6, 6.07) is 0. The van der Waals surface area contributed by atoms with E-state index in [9.17, 15) is 5.11 Å². The molecule has 16 heavy (non-hydrogen) atoms. The lowest BCUT2D eigenvalue weighted by atomic mass is 9.83. The second kappa shape index (κ2) is 5.96. The van der Waals surface area contributed by atoms with E-state index in [0.717, 1.165) is 19.4 Å². The maximum absolute atomic E-state index is 9.39. The van der Waals surface area contributed by atoms with Crippen LogP contribution in [0.3, 0.4) is 0 Å². The van der Waals surface area contributed by atoms with Crippen molar-refractivity contribution in [3.05, 3.63) is 11.8 Å². The summed E-state index contributed by atoms with van der Waals surface area (Å²) in [4.78, 5) is 0. The molecule has 0 radical (unpaired) electrons.